The quantitative estimate of drug-likeness (QED) is 0.0404. The fraction of sp³-hybridized carbons (Fsp3) is 0.273. The van der Waals surface area contributed by atoms with Crippen LogP contribution in [0.25, 0.3) is 89.2 Å². The Morgan fingerprint density at radius 2 is 0.683 bits per heavy atom. The molecule has 0 aliphatic carbocycles. The van der Waals surface area contributed by atoms with Crippen molar-refractivity contribution in [3.05, 3.63) is 290 Å². The van der Waals surface area contributed by atoms with Gasteiger partial charge in [0.25, 0.3) is 0 Å². The Morgan fingerprint density at radius 1 is 0.345 bits per heavy atom. The molecule has 0 unspecified atom stereocenters. The number of fused-ring (bicyclic) bond motifs is 4. The maximum absolute atomic E-state index is 6.29. The van der Waals surface area contributed by atoms with Crippen LogP contribution in [-0.2, 0) is 46.0 Å². The Balaban J connectivity index is 0.000000130. The number of anilines is 8. The van der Waals surface area contributed by atoms with E-state index in [1.807, 2.05) is 174 Å². The molecular weight excluding hydrogens is 1810 g/mol. The Bertz CT molecular complexity index is 7290. The smallest absolute Gasteiger partial charge is 0.124 e. The molecule has 10 aromatic carbocycles. The molecule has 2 aliphatic heterocycles. The van der Waals surface area contributed by atoms with Crippen molar-refractivity contribution in [1.82, 2.24) is 88.8 Å². The molecule has 142 heavy (non-hydrogen) atoms. The number of aromatic nitrogens is 16. The minimum absolute atomic E-state index is 0.523. The van der Waals surface area contributed by atoms with Gasteiger partial charge in [0.05, 0.1) is 173 Å². The first-order valence-electron chi connectivity index (χ1n) is 46.9. The van der Waals surface area contributed by atoms with Gasteiger partial charge < -0.3 is 72.0 Å². The molecule has 31 nitrogen and oxygen atoms in total. The van der Waals surface area contributed by atoms with Gasteiger partial charge in [-0.05, 0) is 167 Å². The minimum Gasteiger partial charge on any atom is -0.497 e. The van der Waals surface area contributed by atoms with Gasteiger partial charge in [-0.15, -0.1) is 0 Å². The summed E-state index contributed by atoms with van der Waals surface area (Å²) in [5.74, 6) is 6.42. The van der Waals surface area contributed by atoms with Crippen molar-refractivity contribution in [2.75, 3.05) is 137 Å². The van der Waals surface area contributed by atoms with Gasteiger partial charge in [-0.25, -0.2) is 19.9 Å². The summed E-state index contributed by atoms with van der Waals surface area (Å²) < 4.78 is 57.1. The summed E-state index contributed by atoms with van der Waals surface area (Å²) >= 11 is 6.29. The molecule has 0 amide bonds. The second-order valence-electron chi connectivity index (χ2n) is 35.2. The van der Waals surface area contributed by atoms with Gasteiger partial charge in [-0.2, -0.15) is 20.4 Å². The summed E-state index contributed by atoms with van der Waals surface area (Å²) in [4.78, 5) is 52.1. The number of methoxy groups -OCH3 is 8. The van der Waals surface area contributed by atoms with E-state index in [-0.39, 0.29) is 0 Å². The van der Waals surface area contributed by atoms with E-state index in [1.165, 1.54) is 24.0 Å². The highest BCUT2D eigenvalue weighted by Crippen LogP contribution is 2.42. The minimum atomic E-state index is 0.523. The van der Waals surface area contributed by atoms with Crippen LogP contribution in [0.15, 0.2) is 268 Å². The third kappa shape index (κ3) is 24.0. The largest absolute Gasteiger partial charge is 0.497 e. The van der Waals surface area contributed by atoms with Gasteiger partial charge >= 0.3 is 0 Å². The van der Waals surface area contributed by atoms with Gasteiger partial charge in [-0.3, -0.25) is 38.7 Å². The van der Waals surface area contributed by atoms with E-state index < -0.39 is 0 Å². The third-order valence-electron chi connectivity index (χ3n) is 25.5. The molecule has 8 aromatic heterocycles. The Labute approximate surface area is 831 Å². The second kappa shape index (κ2) is 45.4. The van der Waals surface area contributed by atoms with E-state index >= 15 is 0 Å². The van der Waals surface area contributed by atoms with Gasteiger partial charge in [0.1, 0.15) is 46.0 Å². The number of hydrogen-bond donors (Lipinski definition) is 0. The number of likely N-dealkylation sites (tertiary alicyclic amines) is 1. The highest BCUT2D eigenvalue weighted by molar-refractivity contribution is 6.30. The number of hydrogen-bond acceptors (Lipinski definition) is 27. The third-order valence-corrected chi connectivity index (χ3v) is 25.7. The molecule has 0 bridgehead atoms. The lowest BCUT2D eigenvalue weighted by Crippen LogP contribution is -2.44. The fourth-order valence-electron chi connectivity index (χ4n) is 17.5. The van der Waals surface area contributed by atoms with Crippen LogP contribution in [0.5, 0.6) is 46.0 Å². The van der Waals surface area contributed by atoms with Crippen LogP contribution in [0, 0.1) is 12.8 Å². The van der Waals surface area contributed by atoms with Gasteiger partial charge in [0.2, 0.25) is 0 Å². The number of halogens is 1. The SMILES string of the molecule is COc1cc(OC)cc(N(CC2CCOCC2)c2ccc3ncc(-c4cnn(C)c4)nc3c2)c1.COc1cc(OC)cc(N(CCN2CCC(N(C)C)CC2)c2ccc3ncc(-c4cnn(C)c4)nc3c2)c1.COc1cc(OC)cc(N(Cc2cccc(Cl)c2)c2ccc3ncc(-c4cnn(C)c4)nc3c2)c1.COc1cc(OC)cc(N(Cc2ccccc2C)c2ccc3ncc(-c4cnn(C)c4)nc3c2)c1. The van der Waals surface area contributed by atoms with Crippen molar-refractivity contribution in [3.8, 4) is 91.0 Å². The molecule has 18 aromatic rings. The number of aryl methyl sites for hydroxylation is 5. The molecule has 2 saturated heterocycles. The molecule has 2 fully saturated rings. The predicted octanol–water partition coefficient (Wildman–Crippen LogP) is 20.6. The van der Waals surface area contributed by atoms with Crippen molar-refractivity contribution in [1.29, 1.82) is 0 Å². The first-order valence-corrected chi connectivity index (χ1v) is 47.3. The fourth-order valence-corrected chi connectivity index (χ4v) is 17.7. The van der Waals surface area contributed by atoms with E-state index in [0.717, 1.165) is 234 Å². The molecule has 32 heteroatoms. The number of piperidine rings is 1. The number of benzene rings is 10. The summed E-state index contributed by atoms with van der Waals surface area (Å²) in [6, 6.07) is 65.4. The molecule has 0 atom stereocenters. The van der Waals surface area contributed by atoms with E-state index in [0.29, 0.717) is 41.6 Å². The Morgan fingerprint density at radius 3 is 1.02 bits per heavy atom. The first kappa shape index (κ1) is 97.8. The van der Waals surface area contributed by atoms with E-state index in [4.69, 9.17) is 74.2 Å². The number of nitrogens with zero attached hydrogens (tertiary/aromatic N) is 22. The normalized spacial score (nSPS) is 12.8. The van der Waals surface area contributed by atoms with Crippen molar-refractivity contribution in [2.24, 2.45) is 34.1 Å². The molecule has 2 aliphatic rings. The van der Waals surface area contributed by atoms with Crippen LogP contribution in [0.1, 0.15) is 42.4 Å². The molecule has 20 rings (SSSR count). The van der Waals surface area contributed by atoms with Crippen molar-refractivity contribution >= 4 is 101 Å². The lowest BCUT2D eigenvalue weighted by Gasteiger charge is -2.36. The van der Waals surface area contributed by atoms with Crippen LogP contribution < -0.4 is 57.5 Å². The molecule has 728 valence electrons. The van der Waals surface area contributed by atoms with Crippen LogP contribution in [0.4, 0.5) is 45.5 Å². The maximum Gasteiger partial charge on any atom is 0.124 e. The highest BCUT2D eigenvalue weighted by Gasteiger charge is 2.27. The zero-order valence-electron chi connectivity index (χ0n) is 82.6. The van der Waals surface area contributed by atoms with Crippen LogP contribution in [0.2, 0.25) is 5.02 Å². The topological polar surface area (TPSA) is 277 Å². The van der Waals surface area contributed by atoms with E-state index in [9.17, 15) is 0 Å². The number of ether oxygens (including phenoxy) is 9. The standard InChI is InChI=1S/C29H37N7O2.C28H27N5O2.C27H24ClN5O2.C26H29N5O3/c1-33(2)22-8-10-35(11-9-22)12-13-36(24-14-25(37-4)17-26(15-24)38-5)23-6-7-27-28(16-23)32-29(19-30-27)21-18-31-34(3)20-21;1-19-7-5-6-8-20(19)18-33(23-11-24(34-3)14-25(12-23)35-4)22-9-10-26-27(13-22)31-28(16-29-26)21-15-30-32(2)17-21;1-32-17-19(14-30-32)27-15-29-25-8-7-21(12-26(25)31-27)33(16-18-5-4-6-20(28)9-18)22-10-23(34-2)13-24(11-22)35-3;1-30-17-19(14-28-30)26-15-27-24-5-4-20(12-25(24)29-26)31(16-18-6-8-34-9-7-18)21-10-22(32-2)13-23(11-21)33-3/h6-7,14-20,22H,8-13H2,1-5H3;5-17H,18H2,1-4H3;4-15,17H,16H2,1-3H3;4-5,10-15,17-18H,6-9,16H2,1-3H3. The monoisotopic (exact) mass is 1920 g/mol. The molecule has 0 radical (unpaired) electrons. The first-order chi connectivity index (χ1) is 69.1. The van der Waals surface area contributed by atoms with Crippen LogP contribution in [-0.4, -0.2) is 212 Å². The zero-order chi connectivity index (χ0) is 98.9. The Kier molecular flexibility index (Phi) is 31.3. The Hall–Kier alpha value is -15.8. The summed E-state index contributed by atoms with van der Waals surface area (Å²) in [5.41, 5.74) is 25.0. The van der Waals surface area contributed by atoms with Crippen LogP contribution in [0.3, 0.4) is 0 Å². The average Bonchev–Trinajstić information content (AvgIpc) is 1.11. The molecule has 0 N–H and O–H groups in total. The second-order valence-corrected chi connectivity index (χ2v) is 35.6. The summed E-state index contributed by atoms with van der Waals surface area (Å²) in [6.45, 7) is 9.85. The van der Waals surface area contributed by atoms with E-state index in [1.54, 1.807) is 119 Å². The number of rotatable bonds is 30. The van der Waals surface area contributed by atoms with E-state index in [2.05, 4.69) is 170 Å². The van der Waals surface area contributed by atoms with Crippen molar-refractivity contribution < 1.29 is 42.6 Å². The van der Waals surface area contributed by atoms with Gasteiger partial charge in [0, 0.05) is 251 Å². The highest BCUT2D eigenvalue weighted by atomic mass is 35.5. The molecular formula is C110H117ClN22O9. The van der Waals surface area contributed by atoms with Crippen molar-refractivity contribution in [2.45, 2.75) is 51.7 Å². The van der Waals surface area contributed by atoms with Gasteiger partial charge in [-0.1, -0.05) is 48.0 Å². The van der Waals surface area contributed by atoms with Crippen molar-refractivity contribution in [3.63, 3.8) is 0 Å². The lowest BCUT2D eigenvalue weighted by atomic mass is 9.99. The predicted molar refractivity (Wildman–Crippen MR) is 560 cm³/mol. The van der Waals surface area contributed by atoms with Crippen LogP contribution >= 0.6 is 11.6 Å². The maximum atomic E-state index is 6.29. The summed E-state index contributed by atoms with van der Waals surface area (Å²) in [6.07, 6.45) is 26.6. The van der Waals surface area contributed by atoms with Gasteiger partial charge in [0.15, 0.2) is 0 Å². The molecule has 0 saturated carbocycles. The summed E-state index contributed by atoms with van der Waals surface area (Å²) in [5, 5.41) is 17.8. The molecule has 0 spiro atoms. The zero-order valence-corrected chi connectivity index (χ0v) is 83.4. The summed E-state index contributed by atoms with van der Waals surface area (Å²) in [7, 11) is 25.3. The molecule has 10 heterocycles. The average molecular weight is 1930 g/mol. The lowest BCUT2D eigenvalue weighted by molar-refractivity contribution is 0.0688.